The summed E-state index contributed by atoms with van der Waals surface area (Å²) in [7, 11) is 0. The molecule has 3 N–H and O–H groups in total. The normalized spacial score (nSPS) is 12.3. The molecule has 0 rings (SSSR count). The van der Waals surface area contributed by atoms with Gasteiger partial charge in [-0.2, -0.15) is 0 Å². The average molecular weight is 210 g/mol. The van der Waals surface area contributed by atoms with Gasteiger partial charge in [-0.1, -0.05) is 13.8 Å². The smallest absolute Gasteiger partial charge is 0.161 e. The third kappa shape index (κ3) is 6.66. The number of hydrogen-bond donors (Lipinski definition) is 2. The summed E-state index contributed by atoms with van der Waals surface area (Å²) in [6.45, 7) is 10.6. The number of rotatable bonds is 3. The van der Waals surface area contributed by atoms with Crippen LogP contribution in [0.5, 0.6) is 0 Å². The number of carbonyl (C=O) groups excluding carboxylic acids is 1. The zero-order chi connectivity index (χ0) is 12.6. The van der Waals surface area contributed by atoms with E-state index in [9.17, 15) is 4.79 Å². The van der Waals surface area contributed by atoms with Gasteiger partial charge in [-0.15, -0.1) is 0 Å². The monoisotopic (exact) mass is 210 g/mol. The number of allylic oxidation sites excluding steroid dienone is 4. The zero-order valence-corrected chi connectivity index (χ0v) is 10.6. The average Bonchev–Trinajstić information content (AvgIpc) is 2.15. The molecule has 0 aliphatic rings. The minimum Gasteiger partial charge on any atom is -0.402 e. The van der Waals surface area contributed by atoms with E-state index in [0.717, 1.165) is 5.57 Å². The second kappa shape index (κ2) is 7.97. The lowest BCUT2D eigenvalue weighted by Gasteiger charge is -2.02. The second-order valence-corrected chi connectivity index (χ2v) is 3.11. The maximum Gasteiger partial charge on any atom is 0.161 e. The lowest BCUT2D eigenvalue weighted by atomic mass is 10.1. The van der Waals surface area contributed by atoms with Crippen molar-refractivity contribution in [2.45, 2.75) is 41.5 Å². The lowest BCUT2D eigenvalue weighted by molar-refractivity contribution is -0.113. The molecule has 0 bridgehead atoms. The van der Waals surface area contributed by atoms with Crippen molar-refractivity contribution < 1.29 is 4.79 Å². The highest BCUT2D eigenvalue weighted by atomic mass is 16.1. The summed E-state index contributed by atoms with van der Waals surface area (Å²) in [5.74, 6) is -0.0689. The fourth-order valence-corrected chi connectivity index (χ4v) is 0.818. The summed E-state index contributed by atoms with van der Waals surface area (Å²) >= 11 is 0. The molecule has 0 atom stereocenters. The SMILES string of the molecule is CC.CC(=N)/C(C)=C\C(C(C)=O)=C(/C)N. The molecular formula is C12H22N2O. The molecule has 0 aliphatic heterocycles. The van der Waals surface area contributed by atoms with E-state index in [1.807, 2.05) is 13.8 Å². The maximum atomic E-state index is 11.1. The van der Waals surface area contributed by atoms with Crippen LogP contribution in [0.4, 0.5) is 0 Å². The number of nitrogens with one attached hydrogen (secondary N) is 1. The Hall–Kier alpha value is -1.38. The quantitative estimate of drug-likeness (QED) is 0.427. The predicted molar refractivity (Wildman–Crippen MR) is 66.1 cm³/mol. The highest BCUT2D eigenvalue weighted by Crippen LogP contribution is 2.07. The summed E-state index contributed by atoms with van der Waals surface area (Å²) in [5.41, 5.74) is 7.72. The van der Waals surface area contributed by atoms with Crippen molar-refractivity contribution in [1.82, 2.24) is 0 Å². The molecule has 0 aromatic heterocycles. The van der Waals surface area contributed by atoms with Gasteiger partial charge in [0.25, 0.3) is 0 Å². The fourth-order valence-electron chi connectivity index (χ4n) is 0.818. The molecule has 86 valence electrons. The summed E-state index contributed by atoms with van der Waals surface area (Å²) in [6, 6.07) is 0. The summed E-state index contributed by atoms with van der Waals surface area (Å²) in [6.07, 6.45) is 1.65. The molecule has 15 heavy (non-hydrogen) atoms. The van der Waals surface area contributed by atoms with E-state index in [1.54, 1.807) is 26.8 Å². The van der Waals surface area contributed by atoms with E-state index in [-0.39, 0.29) is 5.78 Å². The third-order valence-electron chi connectivity index (χ3n) is 1.76. The Labute approximate surface area is 92.6 Å². The van der Waals surface area contributed by atoms with Crippen molar-refractivity contribution in [3.05, 3.63) is 22.9 Å². The number of nitrogens with two attached hydrogens (primary N) is 1. The van der Waals surface area contributed by atoms with Crippen molar-refractivity contribution in [3.8, 4) is 0 Å². The van der Waals surface area contributed by atoms with Crippen molar-refractivity contribution >= 4 is 11.5 Å². The van der Waals surface area contributed by atoms with Gasteiger partial charge in [0, 0.05) is 17.0 Å². The van der Waals surface area contributed by atoms with Crippen molar-refractivity contribution in [2.24, 2.45) is 5.73 Å². The van der Waals surface area contributed by atoms with Crippen LogP contribution in [0.15, 0.2) is 22.9 Å². The maximum absolute atomic E-state index is 11.1. The topological polar surface area (TPSA) is 66.9 Å². The van der Waals surface area contributed by atoms with Crippen LogP contribution in [0.2, 0.25) is 0 Å². The first kappa shape index (κ1) is 16.1. The molecule has 0 amide bonds. The van der Waals surface area contributed by atoms with E-state index in [0.29, 0.717) is 17.0 Å². The standard InChI is InChI=1S/C10H16N2O.C2H6/c1-6(7(2)11)5-10(8(3)12)9(4)13;1-2/h5,11H,12H2,1-4H3;1-2H3/b6-5-,10-8-,11-7?;. The Bertz CT molecular complexity index is 295. The van der Waals surface area contributed by atoms with Gasteiger partial charge in [0.1, 0.15) is 0 Å². The number of Topliss-reactive ketones (excluding diaryl/α,β-unsaturated/α-hetero) is 1. The molecule has 0 aromatic carbocycles. The highest BCUT2D eigenvalue weighted by molar-refractivity contribution is 6.01. The molecule has 0 heterocycles. The van der Waals surface area contributed by atoms with E-state index in [4.69, 9.17) is 11.1 Å². The van der Waals surface area contributed by atoms with Gasteiger partial charge in [0.15, 0.2) is 5.78 Å². The van der Waals surface area contributed by atoms with Gasteiger partial charge in [-0.05, 0) is 39.3 Å². The molecule has 0 aliphatic carbocycles. The van der Waals surface area contributed by atoms with Crippen LogP contribution in [0.3, 0.4) is 0 Å². The van der Waals surface area contributed by atoms with Crippen LogP contribution in [0.1, 0.15) is 41.5 Å². The van der Waals surface area contributed by atoms with Crippen LogP contribution >= 0.6 is 0 Å². The first-order chi connectivity index (χ1) is 6.86. The van der Waals surface area contributed by atoms with Crippen LogP contribution in [-0.2, 0) is 4.79 Å². The van der Waals surface area contributed by atoms with E-state index >= 15 is 0 Å². The number of ketones is 1. The van der Waals surface area contributed by atoms with Gasteiger partial charge in [-0.3, -0.25) is 4.79 Å². The fraction of sp³-hybridized carbons (Fsp3) is 0.500. The van der Waals surface area contributed by atoms with Crippen LogP contribution in [0.25, 0.3) is 0 Å². The van der Waals surface area contributed by atoms with E-state index < -0.39 is 0 Å². The molecule has 3 nitrogen and oxygen atoms in total. The first-order valence-electron chi connectivity index (χ1n) is 5.07. The highest BCUT2D eigenvalue weighted by Gasteiger charge is 2.04. The van der Waals surface area contributed by atoms with E-state index in [2.05, 4.69) is 0 Å². The van der Waals surface area contributed by atoms with Gasteiger partial charge in [-0.25, -0.2) is 0 Å². The summed E-state index contributed by atoms with van der Waals surface area (Å²) < 4.78 is 0. The predicted octanol–water partition coefficient (Wildman–Crippen LogP) is 2.82. The Morgan fingerprint density at radius 1 is 1.13 bits per heavy atom. The molecule has 0 aromatic rings. The van der Waals surface area contributed by atoms with Crippen molar-refractivity contribution in [1.29, 1.82) is 5.41 Å². The summed E-state index contributed by atoms with van der Waals surface area (Å²) in [5, 5.41) is 7.33. The van der Waals surface area contributed by atoms with Gasteiger partial charge < -0.3 is 11.1 Å². The number of hydrogen-bond acceptors (Lipinski definition) is 3. The van der Waals surface area contributed by atoms with Gasteiger partial charge in [0.05, 0.1) is 0 Å². The lowest BCUT2D eigenvalue weighted by Crippen LogP contribution is -2.05. The Balaban J connectivity index is 0. The molecule has 0 saturated carbocycles. The Kier molecular flexibility index (Phi) is 8.54. The Morgan fingerprint density at radius 3 is 1.73 bits per heavy atom. The first-order valence-corrected chi connectivity index (χ1v) is 5.07. The minimum atomic E-state index is -0.0689. The molecule has 0 spiro atoms. The number of carbonyl (C=O) groups is 1. The Morgan fingerprint density at radius 2 is 1.53 bits per heavy atom. The van der Waals surface area contributed by atoms with Crippen molar-refractivity contribution in [3.63, 3.8) is 0 Å². The van der Waals surface area contributed by atoms with Crippen LogP contribution in [0, 0.1) is 5.41 Å². The zero-order valence-electron chi connectivity index (χ0n) is 10.6. The molecule has 0 unspecified atom stereocenters. The van der Waals surface area contributed by atoms with Crippen LogP contribution in [-0.4, -0.2) is 11.5 Å². The van der Waals surface area contributed by atoms with Crippen LogP contribution < -0.4 is 5.73 Å². The molecule has 0 fully saturated rings. The molecule has 0 saturated heterocycles. The third-order valence-corrected chi connectivity index (χ3v) is 1.76. The van der Waals surface area contributed by atoms with Gasteiger partial charge >= 0.3 is 0 Å². The molecular weight excluding hydrogens is 188 g/mol. The van der Waals surface area contributed by atoms with Gasteiger partial charge in [0.2, 0.25) is 0 Å². The van der Waals surface area contributed by atoms with E-state index in [1.165, 1.54) is 6.92 Å². The van der Waals surface area contributed by atoms with Crippen molar-refractivity contribution in [2.75, 3.05) is 0 Å². The second-order valence-electron chi connectivity index (χ2n) is 3.11. The minimum absolute atomic E-state index is 0.0689. The molecule has 0 radical (unpaired) electrons. The molecule has 3 heteroatoms. The largest absolute Gasteiger partial charge is 0.402 e. The summed E-state index contributed by atoms with van der Waals surface area (Å²) in [4.78, 5) is 11.1.